The number of carbonyl (C=O) groups excluding carboxylic acids is 1. The lowest BCUT2D eigenvalue weighted by molar-refractivity contribution is 0.0938. The van der Waals surface area contributed by atoms with Crippen LogP contribution in [0, 0.1) is 0 Å². The Hall–Kier alpha value is -1.45. The van der Waals surface area contributed by atoms with Crippen molar-refractivity contribution in [2.75, 3.05) is 33.7 Å². The highest BCUT2D eigenvalue weighted by atomic mass is 35.5. The fourth-order valence-corrected chi connectivity index (χ4v) is 5.27. The Bertz CT molecular complexity index is 924. The number of thiophene rings is 1. The van der Waals surface area contributed by atoms with Crippen LogP contribution in [-0.4, -0.2) is 57.3 Å². The number of hydrogen-bond donors (Lipinski definition) is 1. The van der Waals surface area contributed by atoms with Gasteiger partial charge in [-0.25, -0.2) is 12.7 Å². The molecular formula is C19H24ClN3O3S2. The molecule has 9 heteroatoms. The van der Waals surface area contributed by atoms with Crippen LogP contribution in [0.25, 0.3) is 0 Å². The van der Waals surface area contributed by atoms with E-state index in [0.29, 0.717) is 6.54 Å². The van der Waals surface area contributed by atoms with Crippen LogP contribution in [0.15, 0.2) is 40.6 Å². The Morgan fingerprint density at radius 2 is 2.00 bits per heavy atom. The van der Waals surface area contributed by atoms with E-state index in [1.54, 1.807) is 11.3 Å². The van der Waals surface area contributed by atoms with Gasteiger partial charge < -0.3 is 5.32 Å². The van der Waals surface area contributed by atoms with Crippen molar-refractivity contribution in [1.29, 1.82) is 0 Å². The number of hydrogen-bond acceptors (Lipinski definition) is 5. The Morgan fingerprint density at radius 3 is 2.61 bits per heavy atom. The minimum absolute atomic E-state index is 0.0430. The molecule has 1 fully saturated rings. The first kappa shape index (κ1) is 21.3. The maximum Gasteiger partial charge on any atom is 0.252 e. The van der Waals surface area contributed by atoms with Crippen molar-refractivity contribution >= 4 is 38.9 Å². The normalized spacial score (nSPS) is 16.4. The zero-order valence-corrected chi connectivity index (χ0v) is 18.3. The van der Waals surface area contributed by atoms with Crippen molar-refractivity contribution < 1.29 is 13.2 Å². The Kier molecular flexibility index (Phi) is 6.77. The summed E-state index contributed by atoms with van der Waals surface area (Å²) in [5.74, 6) is -0.374. The summed E-state index contributed by atoms with van der Waals surface area (Å²) in [5.41, 5.74) is 0.163. The first-order chi connectivity index (χ1) is 13.3. The van der Waals surface area contributed by atoms with Crippen LogP contribution >= 0.6 is 22.9 Å². The number of likely N-dealkylation sites (tertiary alicyclic amines) is 1. The highest BCUT2D eigenvalue weighted by molar-refractivity contribution is 7.89. The van der Waals surface area contributed by atoms with Crippen LogP contribution in [0.1, 0.15) is 34.1 Å². The summed E-state index contributed by atoms with van der Waals surface area (Å²) >= 11 is 7.86. The molecule has 0 spiro atoms. The number of nitrogens with one attached hydrogen (secondary N) is 1. The zero-order valence-electron chi connectivity index (χ0n) is 15.9. The quantitative estimate of drug-likeness (QED) is 0.716. The minimum Gasteiger partial charge on any atom is -0.350 e. The summed E-state index contributed by atoms with van der Waals surface area (Å²) < 4.78 is 25.8. The van der Waals surface area contributed by atoms with Crippen LogP contribution in [0.3, 0.4) is 0 Å². The minimum atomic E-state index is -3.64. The third kappa shape index (κ3) is 4.58. The SMILES string of the molecule is CN(C)S(=O)(=O)c1ccc(Cl)c(C(=O)NCC(c2cccs2)N2CCCC2)c1. The smallest absolute Gasteiger partial charge is 0.252 e. The number of nitrogens with zero attached hydrogens (tertiary/aromatic N) is 2. The second kappa shape index (κ2) is 8.92. The van der Waals surface area contributed by atoms with E-state index in [-0.39, 0.29) is 27.4 Å². The van der Waals surface area contributed by atoms with Gasteiger partial charge in [0.15, 0.2) is 0 Å². The number of sulfonamides is 1. The van der Waals surface area contributed by atoms with Crippen LogP contribution < -0.4 is 5.32 Å². The van der Waals surface area contributed by atoms with Crippen molar-refractivity contribution in [3.63, 3.8) is 0 Å². The van der Waals surface area contributed by atoms with E-state index in [2.05, 4.69) is 16.3 Å². The van der Waals surface area contributed by atoms with E-state index in [0.717, 1.165) is 30.2 Å². The molecule has 1 aliphatic heterocycles. The molecule has 152 valence electrons. The standard InChI is InChI=1S/C19H24ClN3O3S2/c1-22(2)28(25,26)14-7-8-16(20)15(12-14)19(24)21-13-17(18-6-5-11-27-18)23-9-3-4-10-23/h5-8,11-12,17H,3-4,9-10,13H2,1-2H3,(H,21,24). The molecule has 0 aliphatic carbocycles. The van der Waals surface area contributed by atoms with E-state index >= 15 is 0 Å². The molecule has 6 nitrogen and oxygen atoms in total. The molecule has 28 heavy (non-hydrogen) atoms. The Morgan fingerprint density at radius 1 is 1.29 bits per heavy atom. The second-order valence-corrected chi connectivity index (χ2v) is 10.5. The van der Waals surface area contributed by atoms with Gasteiger partial charge in [-0.05, 0) is 55.6 Å². The lowest BCUT2D eigenvalue weighted by atomic mass is 10.1. The Balaban J connectivity index is 1.78. The number of carbonyl (C=O) groups is 1. The molecule has 0 bridgehead atoms. The molecule has 1 atom stereocenters. The first-order valence-electron chi connectivity index (χ1n) is 9.08. The third-order valence-corrected chi connectivity index (χ3v) is 7.98. The van der Waals surface area contributed by atoms with Crippen molar-refractivity contribution in [1.82, 2.24) is 14.5 Å². The average Bonchev–Trinajstić information content (AvgIpc) is 3.36. The molecule has 2 heterocycles. The molecule has 1 aromatic carbocycles. The highest BCUT2D eigenvalue weighted by Crippen LogP contribution is 2.28. The summed E-state index contributed by atoms with van der Waals surface area (Å²) in [6.45, 7) is 2.46. The zero-order chi connectivity index (χ0) is 20.3. The molecule has 0 radical (unpaired) electrons. The van der Waals surface area contributed by atoms with Gasteiger partial charge in [-0.3, -0.25) is 9.69 Å². The average molecular weight is 442 g/mol. The molecule has 1 unspecified atom stereocenters. The van der Waals surface area contributed by atoms with E-state index in [1.165, 1.54) is 37.2 Å². The largest absolute Gasteiger partial charge is 0.350 e. The molecule has 0 saturated carbocycles. The van der Waals surface area contributed by atoms with Gasteiger partial charge in [0, 0.05) is 25.5 Å². The van der Waals surface area contributed by atoms with Crippen LogP contribution in [-0.2, 0) is 10.0 Å². The molecule has 1 saturated heterocycles. The van der Waals surface area contributed by atoms with Gasteiger partial charge in [0.25, 0.3) is 5.91 Å². The van der Waals surface area contributed by atoms with Gasteiger partial charge in [-0.15, -0.1) is 11.3 Å². The lowest BCUT2D eigenvalue weighted by Gasteiger charge is -2.27. The lowest BCUT2D eigenvalue weighted by Crippen LogP contribution is -2.36. The molecule has 1 N–H and O–H groups in total. The van der Waals surface area contributed by atoms with Crippen LogP contribution in [0.5, 0.6) is 0 Å². The summed E-state index contributed by atoms with van der Waals surface area (Å²) in [6.07, 6.45) is 2.32. The third-order valence-electron chi connectivity index (χ3n) is 4.87. The fraction of sp³-hybridized carbons (Fsp3) is 0.421. The summed E-state index contributed by atoms with van der Waals surface area (Å²) in [7, 11) is -0.742. The van der Waals surface area contributed by atoms with Gasteiger partial charge in [0.2, 0.25) is 10.0 Å². The molecule has 1 amide bonds. The number of amides is 1. The topological polar surface area (TPSA) is 69.7 Å². The van der Waals surface area contributed by atoms with Crippen molar-refractivity contribution in [3.8, 4) is 0 Å². The first-order valence-corrected chi connectivity index (χ1v) is 11.8. The van der Waals surface area contributed by atoms with E-state index in [4.69, 9.17) is 11.6 Å². The van der Waals surface area contributed by atoms with Crippen molar-refractivity contribution in [3.05, 3.63) is 51.2 Å². The van der Waals surface area contributed by atoms with Gasteiger partial charge in [0.1, 0.15) is 0 Å². The molecule has 3 rings (SSSR count). The molecule has 1 aromatic heterocycles. The van der Waals surface area contributed by atoms with E-state index < -0.39 is 10.0 Å². The summed E-state index contributed by atoms with van der Waals surface area (Å²) in [5, 5.41) is 5.21. The van der Waals surface area contributed by atoms with Gasteiger partial charge in [0.05, 0.1) is 21.5 Å². The summed E-state index contributed by atoms with van der Waals surface area (Å²) in [6, 6.07) is 8.40. The van der Waals surface area contributed by atoms with Gasteiger partial charge >= 0.3 is 0 Å². The maximum absolute atomic E-state index is 12.8. The van der Waals surface area contributed by atoms with E-state index in [1.807, 2.05) is 11.4 Å². The number of benzene rings is 1. The van der Waals surface area contributed by atoms with Crippen molar-refractivity contribution in [2.24, 2.45) is 0 Å². The maximum atomic E-state index is 12.8. The monoisotopic (exact) mass is 441 g/mol. The van der Waals surface area contributed by atoms with E-state index in [9.17, 15) is 13.2 Å². The molecular weight excluding hydrogens is 418 g/mol. The second-order valence-electron chi connectivity index (χ2n) is 6.91. The van der Waals surface area contributed by atoms with Gasteiger partial charge in [-0.2, -0.15) is 0 Å². The highest BCUT2D eigenvalue weighted by Gasteiger charge is 2.26. The number of halogens is 1. The predicted octanol–water partition coefficient (Wildman–Crippen LogP) is 3.22. The van der Waals surface area contributed by atoms with Crippen molar-refractivity contribution in [2.45, 2.75) is 23.8 Å². The van der Waals surface area contributed by atoms with Gasteiger partial charge in [-0.1, -0.05) is 17.7 Å². The fourth-order valence-electron chi connectivity index (χ4n) is 3.28. The molecule has 1 aliphatic rings. The Labute approximate surface area is 175 Å². The predicted molar refractivity (Wildman–Crippen MR) is 113 cm³/mol. The van der Waals surface area contributed by atoms with Crippen LogP contribution in [0.4, 0.5) is 0 Å². The summed E-state index contributed by atoms with van der Waals surface area (Å²) in [4.78, 5) is 16.4. The van der Waals surface area contributed by atoms with Crippen LogP contribution in [0.2, 0.25) is 5.02 Å². The molecule has 2 aromatic rings. The number of rotatable bonds is 7.